The van der Waals surface area contributed by atoms with E-state index in [0.29, 0.717) is 25.6 Å². The van der Waals surface area contributed by atoms with Gasteiger partial charge in [-0.15, -0.1) is 0 Å². The summed E-state index contributed by atoms with van der Waals surface area (Å²) >= 11 is 0. The molecule has 3 N–H and O–H groups in total. The molecule has 1 amide bonds. The van der Waals surface area contributed by atoms with Crippen LogP contribution in [0.25, 0.3) is 0 Å². The average molecular weight is 380 g/mol. The molecule has 1 aliphatic carbocycles. The zero-order valence-electron chi connectivity index (χ0n) is 17.1. The van der Waals surface area contributed by atoms with Gasteiger partial charge < -0.3 is 25.4 Å². The minimum atomic E-state index is -0.447. The summed E-state index contributed by atoms with van der Waals surface area (Å²) in [5.41, 5.74) is 2.32. The monoisotopic (exact) mass is 379 g/mol. The maximum atomic E-state index is 11.2. The van der Waals surface area contributed by atoms with Crippen LogP contribution in [0.3, 0.4) is 0 Å². The van der Waals surface area contributed by atoms with Crippen LogP contribution < -0.4 is 16.0 Å². The van der Waals surface area contributed by atoms with Crippen molar-refractivity contribution in [1.29, 1.82) is 0 Å². The number of anilines is 2. The number of hydrogen-bond donors (Lipinski definition) is 3. The normalized spacial score (nSPS) is 16.2. The summed E-state index contributed by atoms with van der Waals surface area (Å²) in [6, 6.07) is 0.202. The van der Waals surface area contributed by atoms with Gasteiger partial charge in [0.15, 0.2) is 0 Å². The predicted octanol–water partition coefficient (Wildman–Crippen LogP) is 2.70. The fraction of sp³-hybridized carbons (Fsp3) is 0.737. The quantitative estimate of drug-likeness (QED) is 0.568. The molecule has 0 spiro atoms. The van der Waals surface area contributed by atoms with Gasteiger partial charge in [0.1, 0.15) is 5.82 Å². The number of hydrogen-bond acceptors (Lipinski definition) is 7. The standard InChI is InChI=1S/C19H33N5O3/c1-6-13(12-26-4)22-16-14-8-7-9-19(2,3)15(14)23-17(24-16)20-10-11-21-18(25)27-5/h13H,6-12H2,1-5H3,(H,21,25)(H2,20,22,23,24)/t13-/m1/s1. The first-order chi connectivity index (χ1) is 12.9. The summed E-state index contributed by atoms with van der Waals surface area (Å²) in [6.45, 7) is 8.17. The summed E-state index contributed by atoms with van der Waals surface area (Å²) in [5, 5.41) is 9.40. The van der Waals surface area contributed by atoms with Gasteiger partial charge in [-0.05, 0) is 25.7 Å². The van der Waals surface area contributed by atoms with E-state index < -0.39 is 6.09 Å². The molecule has 8 nitrogen and oxygen atoms in total. The molecular formula is C19H33N5O3. The van der Waals surface area contributed by atoms with Gasteiger partial charge in [0.25, 0.3) is 0 Å². The van der Waals surface area contributed by atoms with E-state index in [4.69, 9.17) is 14.7 Å². The third-order valence-corrected chi connectivity index (χ3v) is 4.94. The molecule has 0 saturated carbocycles. The van der Waals surface area contributed by atoms with Crippen molar-refractivity contribution < 1.29 is 14.3 Å². The molecule has 1 aromatic rings. The van der Waals surface area contributed by atoms with Crippen molar-refractivity contribution in [1.82, 2.24) is 15.3 Å². The smallest absolute Gasteiger partial charge is 0.406 e. The highest BCUT2D eigenvalue weighted by Crippen LogP contribution is 2.38. The number of alkyl carbamates (subject to hydrolysis) is 1. The van der Waals surface area contributed by atoms with E-state index in [1.807, 2.05) is 0 Å². The fourth-order valence-electron chi connectivity index (χ4n) is 3.37. The molecule has 0 unspecified atom stereocenters. The van der Waals surface area contributed by atoms with Gasteiger partial charge in [-0.25, -0.2) is 9.78 Å². The van der Waals surface area contributed by atoms with E-state index in [9.17, 15) is 4.79 Å². The molecule has 0 fully saturated rings. The summed E-state index contributed by atoms with van der Waals surface area (Å²) < 4.78 is 9.89. The van der Waals surface area contributed by atoms with E-state index in [2.05, 4.69) is 41.5 Å². The van der Waals surface area contributed by atoms with Crippen molar-refractivity contribution in [2.75, 3.05) is 44.5 Å². The maximum Gasteiger partial charge on any atom is 0.406 e. The second-order valence-corrected chi connectivity index (χ2v) is 7.51. The Kier molecular flexibility index (Phi) is 7.65. The number of fused-ring (bicyclic) bond motifs is 1. The lowest BCUT2D eigenvalue weighted by molar-refractivity contribution is 0.171. The number of methoxy groups -OCH3 is 2. The molecule has 0 radical (unpaired) electrons. The van der Waals surface area contributed by atoms with E-state index in [0.717, 1.165) is 37.2 Å². The van der Waals surface area contributed by atoms with Crippen LogP contribution in [0.15, 0.2) is 0 Å². The molecule has 0 saturated heterocycles. The molecule has 1 heterocycles. The van der Waals surface area contributed by atoms with Crippen molar-refractivity contribution in [2.45, 2.75) is 57.9 Å². The topological polar surface area (TPSA) is 97.4 Å². The molecule has 2 rings (SSSR count). The Bertz CT molecular complexity index is 636. The van der Waals surface area contributed by atoms with Crippen LogP contribution in [-0.4, -0.2) is 56.0 Å². The lowest BCUT2D eigenvalue weighted by Crippen LogP contribution is -2.32. The molecule has 0 bridgehead atoms. The number of amides is 1. The van der Waals surface area contributed by atoms with E-state index >= 15 is 0 Å². The summed E-state index contributed by atoms with van der Waals surface area (Å²) in [5.74, 6) is 1.46. The Morgan fingerprint density at radius 3 is 2.70 bits per heavy atom. The Hall–Kier alpha value is -2.09. The van der Waals surface area contributed by atoms with Crippen LogP contribution in [0.1, 0.15) is 51.3 Å². The highest BCUT2D eigenvalue weighted by molar-refractivity contribution is 5.66. The summed E-state index contributed by atoms with van der Waals surface area (Å²) in [4.78, 5) is 20.7. The predicted molar refractivity (Wildman–Crippen MR) is 106 cm³/mol. The fourth-order valence-corrected chi connectivity index (χ4v) is 3.37. The number of nitrogens with one attached hydrogen (secondary N) is 3. The largest absolute Gasteiger partial charge is 0.453 e. The van der Waals surface area contributed by atoms with Crippen molar-refractivity contribution in [3.05, 3.63) is 11.3 Å². The van der Waals surface area contributed by atoms with Crippen LogP contribution in [-0.2, 0) is 21.3 Å². The molecular weight excluding hydrogens is 346 g/mol. The van der Waals surface area contributed by atoms with Crippen molar-refractivity contribution in [3.8, 4) is 0 Å². The molecule has 0 aromatic carbocycles. The van der Waals surface area contributed by atoms with Crippen LogP contribution in [0.4, 0.5) is 16.6 Å². The number of aromatic nitrogens is 2. The number of nitrogens with zero attached hydrogens (tertiary/aromatic N) is 2. The maximum absolute atomic E-state index is 11.2. The lowest BCUT2D eigenvalue weighted by atomic mass is 9.76. The van der Waals surface area contributed by atoms with Crippen LogP contribution in [0.5, 0.6) is 0 Å². The van der Waals surface area contributed by atoms with Gasteiger partial charge in [0, 0.05) is 31.2 Å². The number of carbonyl (C=O) groups is 1. The van der Waals surface area contributed by atoms with Gasteiger partial charge in [-0.1, -0.05) is 20.8 Å². The molecule has 1 aromatic heterocycles. The van der Waals surface area contributed by atoms with E-state index in [1.54, 1.807) is 7.11 Å². The second kappa shape index (κ2) is 9.73. The van der Waals surface area contributed by atoms with Crippen molar-refractivity contribution in [2.24, 2.45) is 0 Å². The van der Waals surface area contributed by atoms with Gasteiger partial charge in [0.2, 0.25) is 5.95 Å². The van der Waals surface area contributed by atoms with Gasteiger partial charge in [-0.2, -0.15) is 4.98 Å². The first kappa shape index (κ1) is 21.2. The van der Waals surface area contributed by atoms with Gasteiger partial charge >= 0.3 is 6.09 Å². The molecule has 152 valence electrons. The van der Waals surface area contributed by atoms with Gasteiger partial charge in [-0.3, -0.25) is 0 Å². The van der Waals surface area contributed by atoms with Crippen LogP contribution >= 0.6 is 0 Å². The molecule has 1 atom stereocenters. The zero-order valence-corrected chi connectivity index (χ0v) is 17.1. The van der Waals surface area contributed by atoms with E-state index in [-0.39, 0.29) is 11.5 Å². The first-order valence-electron chi connectivity index (χ1n) is 9.63. The van der Waals surface area contributed by atoms with Crippen LogP contribution in [0.2, 0.25) is 0 Å². The first-order valence-corrected chi connectivity index (χ1v) is 9.63. The average Bonchev–Trinajstić information content (AvgIpc) is 2.65. The highest BCUT2D eigenvalue weighted by atomic mass is 16.5. The highest BCUT2D eigenvalue weighted by Gasteiger charge is 2.32. The van der Waals surface area contributed by atoms with E-state index in [1.165, 1.54) is 12.7 Å². The SMILES string of the molecule is CC[C@H](COC)Nc1nc(NCCNC(=O)OC)nc2c1CCCC2(C)C. The number of rotatable bonds is 9. The minimum Gasteiger partial charge on any atom is -0.453 e. The van der Waals surface area contributed by atoms with Crippen LogP contribution in [0, 0.1) is 0 Å². The van der Waals surface area contributed by atoms with Crippen molar-refractivity contribution >= 4 is 17.9 Å². The van der Waals surface area contributed by atoms with Gasteiger partial charge in [0.05, 0.1) is 25.5 Å². The Morgan fingerprint density at radius 2 is 2.04 bits per heavy atom. The molecule has 8 heteroatoms. The summed E-state index contributed by atoms with van der Waals surface area (Å²) in [6.07, 6.45) is 3.72. The lowest BCUT2D eigenvalue weighted by Gasteiger charge is -2.33. The zero-order chi connectivity index (χ0) is 19.9. The van der Waals surface area contributed by atoms with Crippen molar-refractivity contribution in [3.63, 3.8) is 0 Å². The Labute approximate surface area is 161 Å². The Morgan fingerprint density at radius 1 is 1.26 bits per heavy atom. The molecule has 1 aliphatic rings. The molecule has 27 heavy (non-hydrogen) atoms. The third kappa shape index (κ3) is 5.69. The minimum absolute atomic E-state index is 0.0105. The molecule has 0 aliphatic heterocycles. The summed E-state index contributed by atoms with van der Waals surface area (Å²) in [7, 11) is 3.06. The Balaban J connectivity index is 2.21. The number of ether oxygens (including phenoxy) is 2. The third-order valence-electron chi connectivity index (χ3n) is 4.94. The second-order valence-electron chi connectivity index (χ2n) is 7.51. The number of carbonyl (C=O) groups excluding carboxylic acids is 1.